The number of amides is 1. The van der Waals surface area contributed by atoms with Crippen molar-refractivity contribution in [2.24, 2.45) is 5.92 Å². The first kappa shape index (κ1) is 7.10. The van der Waals surface area contributed by atoms with Gasteiger partial charge in [0, 0.05) is 18.6 Å². The summed E-state index contributed by atoms with van der Waals surface area (Å²) in [4.78, 5) is 11.1. The highest BCUT2D eigenvalue weighted by atomic mass is 16.3. The minimum Gasteiger partial charge on any atom is -0.396 e. The van der Waals surface area contributed by atoms with Crippen molar-refractivity contribution < 1.29 is 9.90 Å². The molecule has 1 heterocycles. The van der Waals surface area contributed by atoms with E-state index in [1.54, 1.807) is 0 Å². The van der Waals surface area contributed by atoms with Gasteiger partial charge in [-0.3, -0.25) is 4.79 Å². The lowest BCUT2D eigenvalue weighted by molar-refractivity contribution is -0.125. The Morgan fingerprint density at radius 3 is 2.91 bits per heavy atom. The predicted octanol–water partition coefficient (Wildman–Crippen LogP) is 0.0375. The third kappa shape index (κ3) is 1.25. The van der Waals surface area contributed by atoms with Gasteiger partial charge in [-0.15, -0.1) is 0 Å². The van der Waals surface area contributed by atoms with E-state index in [4.69, 9.17) is 5.11 Å². The minimum atomic E-state index is 0.114. The average Bonchev–Trinajstić information content (AvgIpc) is 2.67. The van der Waals surface area contributed by atoms with Gasteiger partial charge >= 0.3 is 0 Å². The molecule has 1 unspecified atom stereocenters. The summed E-state index contributed by atoms with van der Waals surface area (Å²) in [7, 11) is 0. The largest absolute Gasteiger partial charge is 0.396 e. The molecule has 3 nitrogen and oxygen atoms in total. The molecule has 2 N–H and O–H groups in total. The van der Waals surface area contributed by atoms with E-state index >= 15 is 0 Å². The van der Waals surface area contributed by atoms with Crippen molar-refractivity contribution in [1.29, 1.82) is 0 Å². The summed E-state index contributed by atoms with van der Waals surface area (Å²) in [6.45, 7) is 0.162. The smallest absolute Gasteiger partial charge is 0.220 e. The average molecular weight is 155 g/mol. The van der Waals surface area contributed by atoms with E-state index in [0.29, 0.717) is 6.42 Å². The van der Waals surface area contributed by atoms with E-state index in [1.165, 1.54) is 0 Å². The topological polar surface area (TPSA) is 49.3 Å². The first-order valence-electron chi connectivity index (χ1n) is 4.16. The van der Waals surface area contributed by atoms with Gasteiger partial charge in [0.05, 0.1) is 0 Å². The molecule has 2 rings (SSSR count). The zero-order valence-corrected chi connectivity index (χ0v) is 6.47. The zero-order valence-electron chi connectivity index (χ0n) is 6.47. The van der Waals surface area contributed by atoms with Gasteiger partial charge in [0.15, 0.2) is 0 Å². The normalized spacial score (nSPS) is 33.5. The zero-order chi connectivity index (χ0) is 7.90. The molecule has 1 saturated carbocycles. The Kier molecular flexibility index (Phi) is 1.42. The summed E-state index contributed by atoms with van der Waals surface area (Å²) in [5.74, 6) is 0.332. The number of piperidine rings is 1. The second kappa shape index (κ2) is 2.21. The molecular weight excluding hydrogens is 142 g/mol. The summed E-state index contributed by atoms with van der Waals surface area (Å²) < 4.78 is 0. The molecule has 11 heavy (non-hydrogen) atoms. The Bertz CT molecular complexity index is 187. The van der Waals surface area contributed by atoms with Crippen LogP contribution in [-0.4, -0.2) is 23.2 Å². The molecule has 0 aromatic heterocycles. The van der Waals surface area contributed by atoms with Crippen molar-refractivity contribution in [2.75, 3.05) is 6.61 Å². The van der Waals surface area contributed by atoms with Crippen LogP contribution in [0.5, 0.6) is 0 Å². The van der Waals surface area contributed by atoms with Crippen molar-refractivity contribution >= 4 is 5.91 Å². The molecule has 1 aliphatic carbocycles. The molecule has 0 bridgehead atoms. The lowest BCUT2D eigenvalue weighted by Gasteiger charge is -2.28. The van der Waals surface area contributed by atoms with E-state index in [2.05, 4.69) is 5.32 Å². The van der Waals surface area contributed by atoms with Crippen molar-refractivity contribution in [3.63, 3.8) is 0 Å². The van der Waals surface area contributed by atoms with Gasteiger partial charge in [-0.2, -0.15) is 0 Å². The Morgan fingerprint density at radius 1 is 1.64 bits per heavy atom. The maximum absolute atomic E-state index is 11.1. The molecule has 62 valence electrons. The third-order valence-corrected chi connectivity index (χ3v) is 2.67. The highest BCUT2D eigenvalue weighted by molar-refractivity contribution is 5.78. The third-order valence-electron chi connectivity index (χ3n) is 2.67. The molecule has 1 spiro atoms. The Morgan fingerprint density at radius 2 is 2.36 bits per heavy atom. The number of hydrogen-bond acceptors (Lipinski definition) is 2. The maximum atomic E-state index is 11.1. The van der Waals surface area contributed by atoms with E-state index in [1.807, 2.05) is 0 Å². The number of aliphatic hydroxyl groups is 1. The first-order valence-corrected chi connectivity index (χ1v) is 4.16. The van der Waals surface area contributed by atoms with Crippen LogP contribution in [0.1, 0.15) is 25.7 Å². The molecule has 0 radical (unpaired) electrons. The molecule has 1 saturated heterocycles. The number of rotatable bonds is 1. The number of carbonyl (C=O) groups is 1. The van der Waals surface area contributed by atoms with Crippen LogP contribution < -0.4 is 5.32 Å². The molecule has 0 aromatic carbocycles. The van der Waals surface area contributed by atoms with Crippen molar-refractivity contribution in [3.05, 3.63) is 0 Å². The fourth-order valence-corrected chi connectivity index (χ4v) is 1.89. The Hall–Kier alpha value is -0.570. The standard InChI is InChI=1S/C8H13NO2/c10-5-6-3-7(11)9-8(4-6)1-2-8/h6,10H,1-5H2,(H,9,11). The molecule has 1 aliphatic heterocycles. The van der Waals surface area contributed by atoms with Crippen LogP contribution in [0.15, 0.2) is 0 Å². The van der Waals surface area contributed by atoms with Crippen LogP contribution in [0.3, 0.4) is 0 Å². The van der Waals surface area contributed by atoms with Gasteiger partial charge in [-0.1, -0.05) is 0 Å². The fourth-order valence-electron chi connectivity index (χ4n) is 1.89. The molecule has 0 aromatic rings. The van der Waals surface area contributed by atoms with Gasteiger partial charge in [0.1, 0.15) is 0 Å². The van der Waals surface area contributed by atoms with Crippen LogP contribution in [0.25, 0.3) is 0 Å². The number of hydrogen-bond donors (Lipinski definition) is 2. The highest BCUT2D eigenvalue weighted by Crippen LogP contribution is 2.43. The predicted molar refractivity (Wildman–Crippen MR) is 39.9 cm³/mol. The minimum absolute atomic E-state index is 0.114. The van der Waals surface area contributed by atoms with Gasteiger partial charge in [-0.05, 0) is 25.2 Å². The maximum Gasteiger partial charge on any atom is 0.220 e. The molecule has 2 aliphatic rings. The van der Waals surface area contributed by atoms with Crippen LogP contribution in [0.4, 0.5) is 0 Å². The van der Waals surface area contributed by atoms with Crippen molar-refractivity contribution in [3.8, 4) is 0 Å². The quantitative estimate of drug-likeness (QED) is 0.561. The lowest BCUT2D eigenvalue weighted by atomic mass is 9.91. The monoisotopic (exact) mass is 155 g/mol. The molecule has 3 heteroatoms. The first-order chi connectivity index (χ1) is 5.24. The summed E-state index contributed by atoms with van der Waals surface area (Å²) in [5.41, 5.74) is 0.114. The SMILES string of the molecule is O=C1CC(CO)CC2(CC2)N1. The Labute approximate surface area is 65.8 Å². The van der Waals surface area contributed by atoms with Crippen molar-refractivity contribution in [2.45, 2.75) is 31.2 Å². The number of aliphatic hydroxyl groups excluding tert-OH is 1. The van der Waals surface area contributed by atoms with Crippen LogP contribution in [0, 0.1) is 5.92 Å². The molecular formula is C8H13NO2. The second-order valence-electron chi connectivity index (χ2n) is 3.79. The second-order valence-corrected chi connectivity index (χ2v) is 3.79. The summed E-state index contributed by atoms with van der Waals surface area (Å²) >= 11 is 0. The summed E-state index contributed by atoms with van der Waals surface area (Å²) in [6, 6.07) is 0. The summed E-state index contributed by atoms with van der Waals surface area (Å²) in [6.07, 6.45) is 3.71. The van der Waals surface area contributed by atoms with E-state index in [9.17, 15) is 4.79 Å². The fraction of sp³-hybridized carbons (Fsp3) is 0.875. The number of nitrogens with one attached hydrogen (secondary N) is 1. The van der Waals surface area contributed by atoms with Crippen LogP contribution in [-0.2, 0) is 4.79 Å². The van der Waals surface area contributed by atoms with E-state index in [0.717, 1.165) is 19.3 Å². The highest BCUT2D eigenvalue weighted by Gasteiger charge is 2.48. The summed E-state index contributed by atoms with van der Waals surface area (Å²) in [5, 5.41) is 11.9. The van der Waals surface area contributed by atoms with Crippen LogP contribution in [0.2, 0.25) is 0 Å². The van der Waals surface area contributed by atoms with Crippen molar-refractivity contribution in [1.82, 2.24) is 5.32 Å². The molecule has 1 amide bonds. The molecule has 1 atom stereocenters. The van der Waals surface area contributed by atoms with E-state index in [-0.39, 0.29) is 24.0 Å². The lowest BCUT2D eigenvalue weighted by Crippen LogP contribution is -2.45. The van der Waals surface area contributed by atoms with Gasteiger partial charge < -0.3 is 10.4 Å². The van der Waals surface area contributed by atoms with E-state index < -0.39 is 0 Å². The molecule has 2 fully saturated rings. The van der Waals surface area contributed by atoms with Gasteiger partial charge in [0.2, 0.25) is 5.91 Å². The van der Waals surface area contributed by atoms with Gasteiger partial charge in [-0.25, -0.2) is 0 Å². The Balaban J connectivity index is 2.02. The van der Waals surface area contributed by atoms with Crippen LogP contribution >= 0.6 is 0 Å². The van der Waals surface area contributed by atoms with Gasteiger partial charge in [0.25, 0.3) is 0 Å². The number of carbonyl (C=O) groups excluding carboxylic acids is 1.